The van der Waals surface area contributed by atoms with Crippen molar-refractivity contribution in [2.24, 2.45) is 0 Å². The number of imide groups is 1. The average molecular weight is 432 g/mol. The normalized spacial score (nSPS) is 15.8. The molecule has 0 bridgehead atoms. The van der Waals surface area contributed by atoms with E-state index < -0.39 is 12.1 Å². The van der Waals surface area contributed by atoms with Crippen molar-refractivity contribution in [2.45, 2.75) is 32.2 Å². The maximum Gasteiger partial charge on any atom is 0.324 e. The van der Waals surface area contributed by atoms with Gasteiger partial charge in [0.2, 0.25) is 5.91 Å². The molecule has 3 aromatic rings. The highest BCUT2D eigenvalue weighted by atomic mass is 16.2. The summed E-state index contributed by atoms with van der Waals surface area (Å²) in [6.45, 7) is 1.73. The fourth-order valence-electron chi connectivity index (χ4n) is 3.87. The number of para-hydroxylation sites is 1. The minimum atomic E-state index is -0.722. The van der Waals surface area contributed by atoms with E-state index in [-0.39, 0.29) is 37.0 Å². The van der Waals surface area contributed by atoms with Crippen molar-refractivity contribution in [2.75, 3.05) is 11.9 Å². The van der Waals surface area contributed by atoms with E-state index >= 15 is 0 Å². The lowest BCUT2D eigenvalue weighted by atomic mass is 10.1. The van der Waals surface area contributed by atoms with Crippen molar-refractivity contribution >= 4 is 40.2 Å². The van der Waals surface area contributed by atoms with Crippen LogP contribution in [0.15, 0.2) is 54.7 Å². The molecule has 164 valence electrons. The first-order valence-corrected chi connectivity index (χ1v) is 10.5. The summed E-state index contributed by atoms with van der Waals surface area (Å²) in [4.78, 5) is 53.2. The molecule has 4 rings (SSSR count). The molecule has 0 saturated carbocycles. The zero-order chi connectivity index (χ0) is 22.7. The molecule has 1 aromatic heterocycles. The molecule has 8 nitrogen and oxygen atoms in total. The quantitative estimate of drug-likeness (QED) is 0.375. The maximum atomic E-state index is 12.7. The number of aromatic amines is 1. The van der Waals surface area contributed by atoms with Gasteiger partial charge in [-0.3, -0.25) is 19.3 Å². The molecule has 0 radical (unpaired) electrons. The van der Waals surface area contributed by atoms with Gasteiger partial charge in [0.15, 0.2) is 5.78 Å². The second-order valence-corrected chi connectivity index (χ2v) is 7.83. The first-order valence-electron chi connectivity index (χ1n) is 10.5. The van der Waals surface area contributed by atoms with Crippen LogP contribution in [0, 0.1) is 0 Å². The van der Waals surface area contributed by atoms with Gasteiger partial charge in [-0.15, -0.1) is 0 Å². The van der Waals surface area contributed by atoms with Crippen LogP contribution in [0.2, 0.25) is 0 Å². The summed E-state index contributed by atoms with van der Waals surface area (Å²) in [5.74, 6) is -0.695. The number of amides is 4. The molecule has 1 fully saturated rings. The molecule has 4 amide bonds. The molecular weight excluding hydrogens is 408 g/mol. The molecule has 1 aliphatic heterocycles. The van der Waals surface area contributed by atoms with E-state index in [4.69, 9.17) is 0 Å². The van der Waals surface area contributed by atoms with Crippen LogP contribution in [0.4, 0.5) is 10.5 Å². The Bertz CT molecular complexity index is 1200. The minimum absolute atomic E-state index is 0.0667. The maximum absolute atomic E-state index is 12.7. The lowest BCUT2D eigenvalue weighted by Crippen LogP contribution is -2.33. The molecule has 2 heterocycles. The van der Waals surface area contributed by atoms with Gasteiger partial charge < -0.3 is 15.6 Å². The van der Waals surface area contributed by atoms with Crippen LogP contribution in [0.1, 0.15) is 35.7 Å². The van der Waals surface area contributed by atoms with Crippen LogP contribution >= 0.6 is 0 Å². The van der Waals surface area contributed by atoms with Gasteiger partial charge in [-0.1, -0.05) is 30.3 Å². The number of hydrogen-bond acceptors (Lipinski definition) is 4. The number of H-pyrrole nitrogens is 1. The molecule has 1 aliphatic rings. The number of benzene rings is 2. The van der Waals surface area contributed by atoms with E-state index in [0.29, 0.717) is 17.7 Å². The lowest BCUT2D eigenvalue weighted by molar-refractivity contribution is -0.127. The number of aromatic nitrogens is 1. The SMILES string of the molecule is CC(=O)c1cccc(NC(=O)CC[C@@H]2NC(=O)N(CCc3c[nH]c4ccccc34)C2=O)c1. The standard InChI is InChI=1S/C24H24N4O4/c1-15(29)16-5-4-6-18(13-16)26-22(30)10-9-21-23(31)28(24(32)27-21)12-11-17-14-25-20-8-3-2-7-19(17)20/h2-8,13-14,21,25H,9-12H2,1H3,(H,26,30)(H,27,32)/t21-/m0/s1. The van der Waals surface area contributed by atoms with Crippen molar-refractivity contribution in [3.05, 3.63) is 65.9 Å². The molecule has 32 heavy (non-hydrogen) atoms. The molecule has 0 spiro atoms. The predicted molar refractivity (Wildman–Crippen MR) is 120 cm³/mol. The zero-order valence-corrected chi connectivity index (χ0v) is 17.7. The minimum Gasteiger partial charge on any atom is -0.361 e. The lowest BCUT2D eigenvalue weighted by Gasteiger charge is -2.13. The van der Waals surface area contributed by atoms with Gasteiger partial charge in [0.1, 0.15) is 6.04 Å². The number of nitrogens with one attached hydrogen (secondary N) is 3. The molecule has 1 atom stereocenters. The third-order valence-corrected chi connectivity index (χ3v) is 5.60. The van der Waals surface area contributed by atoms with E-state index in [2.05, 4.69) is 15.6 Å². The number of carbonyl (C=O) groups is 4. The van der Waals surface area contributed by atoms with Gasteiger partial charge in [0.05, 0.1) is 0 Å². The fraction of sp³-hybridized carbons (Fsp3) is 0.250. The number of carbonyl (C=O) groups excluding carboxylic acids is 4. The van der Waals surface area contributed by atoms with Gasteiger partial charge >= 0.3 is 6.03 Å². The topological polar surface area (TPSA) is 111 Å². The predicted octanol–water partition coefficient (Wildman–Crippen LogP) is 3.25. The number of anilines is 1. The number of fused-ring (bicyclic) bond motifs is 1. The number of rotatable bonds is 8. The Hall–Kier alpha value is -3.94. The van der Waals surface area contributed by atoms with Crippen LogP contribution in [0.25, 0.3) is 10.9 Å². The Kier molecular flexibility index (Phi) is 6.02. The Labute approximate surface area is 185 Å². The van der Waals surface area contributed by atoms with Crippen LogP contribution in [0.3, 0.4) is 0 Å². The molecule has 3 N–H and O–H groups in total. The average Bonchev–Trinajstić information content (AvgIpc) is 3.31. The molecule has 2 aromatic carbocycles. The van der Waals surface area contributed by atoms with Crippen molar-refractivity contribution in [1.29, 1.82) is 0 Å². The van der Waals surface area contributed by atoms with E-state index in [1.54, 1.807) is 24.3 Å². The zero-order valence-electron chi connectivity index (χ0n) is 17.7. The molecule has 1 saturated heterocycles. The van der Waals surface area contributed by atoms with E-state index in [1.165, 1.54) is 11.8 Å². The summed E-state index contributed by atoms with van der Waals surface area (Å²) >= 11 is 0. The highest BCUT2D eigenvalue weighted by molar-refractivity contribution is 6.04. The van der Waals surface area contributed by atoms with Gasteiger partial charge in [0.25, 0.3) is 5.91 Å². The Morgan fingerprint density at radius 1 is 1.09 bits per heavy atom. The van der Waals surface area contributed by atoms with Crippen molar-refractivity contribution < 1.29 is 19.2 Å². The van der Waals surface area contributed by atoms with Crippen molar-refractivity contribution in [3.63, 3.8) is 0 Å². The first kappa shape index (κ1) is 21.3. The van der Waals surface area contributed by atoms with Crippen LogP contribution in [-0.2, 0) is 16.0 Å². The number of nitrogens with zero attached hydrogens (tertiary/aromatic N) is 1. The second-order valence-electron chi connectivity index (χ2n) is 7.83. The van der Waals surface area contributed by atoms with Crippen LogP contribution in [0.5, 0.6) is 0 Å². The summed E-state index contributed by atoms with van der Waals surface area (Å²) < 4.78 is 0. The molecule has 0 unspecified atom stereocenters. The summed E-state index contributed by atoms with van der Waals surface area (Å²) in [5.41, 5.74) is 3.07. The third-order valence-electron chi connectivity index (χ3n) is 5.60. The fourth-order valence-corrected chi connectivity index (χ4v) is 3.87. The monoisotopic (exact) mass is 432 g/mol. The Morgan fingerprint density at radius 2 is 1.91 bits per heavy atom. The van der Waals surface area contributed by atoms with Crippen LogP contribution < -0.4 is 10.6 Å². The van der Waals surface area contributed by atoms with E-state index in [0.717, 1.165) is 16.5 Å². The Balaban J connectivity index is 1.30. The number of ketones is 1. The number of Topliss-reactive ketones (excluding diaryl/α,β-unsaturated/α-hetero) is 1. The molecule has 0 aliphatic carbocycles. The van der Waals surface area contributed by atoms with Crippen molar-refractivity contribution in [3.8, 4) is 0 Å². The number of hydrogen-bond donors (Lipinski definition) is 3. The summed E-state index contributed by atoms with van der Waals surface area (Å²) in [6, 6.07) is 13.4. The van der Waals surface area contributed by atoms with Crippen molar-refractivity contribution in [1.82, 2.24) is 15.2 Å². The van der Waals surface area contributed by atoms with E-state index in [9.17, 15) is 19.2 Å². The molecule has 8 heteroatoms. The first-order chi connectivity index (χ1) is 15.4. The van der Waals surface area contributed by atoms with Gasteiger partial charge in [0, 0.05) is 41.3 Å². The smallest absolute Gasteiger partial charge is 0.324 e. The second kappa shape index (κ2) is 9.05. The summed E-state index contributed by atoms with van der Waals surface area (Å²) in [6.07, 6.45) is 2.71. The highest BCUT2D eigenvalue weighted by Crippen LogP contribution is 2.20. The number of urea groups is 1. The van der Waals surface area contributed by atoms with Gasteiger partial charge in [-0.05, 0) is 43.5 Å². The summed E-state index contributed by atoms with van der Waals surface area (Å²) in [7, 11) is 0. The van der Waals surface area contributed by atoms with E-state index in [1.807, 2.05) is 30.5 Å². The van der Waals surface area contributed by atoms with Gasteiger partial charge in [-0.2, -0.15) is 0 Å². The largest absolute Gasteiger partial charge is 0.361 e. The van der Waals surface area contributed by atoms with Gasteiger partial charge in [-0.25, -0.2) is 4.79 Å². The Morgan fingerprint density at radius 3 is 2.72 bits per heavy atom. The van der Waals surface area contributed by atoms with Crippen LogP contribution in [-0.4, -0.2) is 46.1 Å². The highest BCUT2D eigenvalue weighted by Gasteiger charge is 2.37. The summed E-state index contributed by atoms with van der Waals surface area (Å²) in [5, 5.41) is 6.47. The third kappa shape index (κ3) is 4.54. The molecular formula is C24H24N4O4.